The highest BCUT2D eigenvalue weighted by Gasteiger charge is 2.39. The number of rotatable bonds is 5. The third kappa shape index (κ3) is 5.98. The van der Waals surface area contributed by atoms with Crippen molar-refractivity contribution in [3.63, 3.8) is 0 Å². The van der Waals surface area contributed by atoms with E-state index >= 15 is 0 Å². The van der Waals surface area contributed by atoms with Gasteiger partial charge in [0.25, 0.3) is 0 Å². The number of amides is 1. The summed E-state index contributed by atoms with van der Waals surface area (Å²) < 4.78 is 27.4. The lowest BCUT2D eigenvalue weighted by Gasteiger charge is -2.34. The van der Waals surface area contributed by atoms with Crippen molar-refractivity contribution < 1.29 is 13.6 Å². The van der Waals surface area contributed by atoms with Crippen molar-refractivity contribution >= 4 is 34.1 Å². The predicted molar refractivity (Wildman–Crippen MR) is 141 cm³/mol. The molecule has 0 aliphatic carbocycles. The molecule has 5 nitrogen and oxygen atoms in total. The Morgan fingerprint density at radius 1 is 1.09 bits per heavy atom. The second kappa shape index (κ2) is 10.2. The van der Waals surface area contributed by atoms with E-state index in [1.54, 1.807) is 0 Å². The van der Waals surface area contributed by atoms with Crippen LogP contribution < -0.4 is 5.32 Å². The molecule has 0 saturated carbocycles. The fourth-order valence-corrected chi connectivity index (χ4v) is 5.18. The summed E-state index contributed by atoms with van der Waals surface area (Å²) in [7, 11) is 0. The monoisotopic (exact) mass is 498 g/mol. The lowest BCUT2D eigenvalue weighted by atomic mass is 9.86. The number of nitrogens with one attached hydrogen (secondary N) is 1. The fraction of sp³-hybridized carbons (Fsp3) is 0.444. The first-order chi connectivity index (χ1) is 16.6. The maximum absolute atomic E-state index is 13.9. The molecule has 0 unspecified atom stereocenters. The fourth-order valence-electron chi connectivity index (χ4n) is 4.30. The number of thioether (sulfide) groups is 1. The van der Waals surface area contributed by atoms with E-state index in [1.165, 1.54) is 17.3 Å². The van der Waals surface area contributed by atoms with Gasteiger partial charge in [0.2, 0.25) is 5.91 Å². The number of nitrogens with zero attached hydrogens (tertiary/aromatic N) is 3. The Bertz CT molecular complexity index is 1150. The van der Waals surface area contributed by atoms with Crippen LogP contribution in [0.25, 0.3) is 0 Å². The van der Waals surface area contributed by atoms with Crippen molar-refractivity contribution in [1.82, 2.24) is 4.90 Å². The van der Waals surface area contributed by atoms with Gasteiger partial charge in [-0.15, -0.1) is 0 Å². The third-order valence-electron chi connectivity index (χ3n) is 6.50. The van der Waals surface area contributed by atoms with E-state index < -0.39 is 23.2 Å². The van der Waals surface area contributed by atoms with Gasteiger partial charge in [-0.3, -0.25) is 9.79 Å². The smallest absolute Gasteiger partial charge is 0.234 e. The SMILES string of the molecule is CCN1CCC2(CC1)N=C(SCC(=O)Nc1cc(F)ccc1F)C(c1ccc(C(C)(C)C)cc1)=N2. The van der Waals surface area contributed by atoms with E-state index in [-0.39, 0.29) is 16.9 Å². The molecular formula is C27H32F2N4OS. The highest BCUT2D eigenvalue weighted by atomic mass is 32.2. The zero-order chi connectivity index (χ0) is 25.2. The molecule has 2 heterocycles. The average Bonchev–Trinajstić information content (AvgIpc) is 3.18. The lowest BCUT2D eigenvalue weighted by molar-refractivity contribution is -0.113. The first-order valence-electron chi connectivity index (χ1n) is 12.0. The largest absolute Gasteiger partial charge is 0.323 e. The van der Waals surface area contributed by atoms with Gasteiger partial charge in [-0.05, 0) is 29.7 Å². The van der Waals surface area contributed by atoms with E-state index in [4.69, 9.17) is 9.98 Å². The summed E-state index contributed by atoms with van der Waals surface area (Å²) in [4.78, 5) is 25.1. The molecule has 1 fully saturated rings. The molecule has 0 radical (unpaired) electrons. The van der Waals surface area contributed by atoms with Gasteiger partial charge in [0.15, 0.2) is 5.66 Å². The van der Waals surface area contributed by atoms with Crippen LogP contribution in [0.1, 0.15) is 51.7 Å². The molecule has 8 heteroatoms. The van der Waals surface area contributed by atoms with E-state index in [2.05, 4.69) is 62.2 Å². The van der Waals surface area contributed by atoms with Gasteiger partial charge in [-0.1, -0.05) is 63.7 Å². The summed E-state index contributed by atoms with van der Waals surface area (Å²) in [5.41, 5.74) is 2.37. The maximum Gasteiger partial charge on any atom is 0.234 e. The van der Waals surface area contributed by atoms with Crippen LogP contribution in [-0.2, 0) is 10.2 Å². The molecule has 2 aromatic carbocycles. The van der Waals surface area contributed by atoms with E-state index in [0.717, 1.165) is 62.0 Å². The van der Waals surface area contributed by atoms with Gasteiger partial charge in [0, 0.05) is 37.6 Å². The molecule has 2 aliphatic rings. The number of anilines is 1. The van der Waals surface area contributed by atoms with Crippen molar-refractivity contribution in [2.45, 2.75) is 51.6 Å². The minimum absolute atomic E-state index is 0.0189. The predicted octanol–water partition coefficient (Wildman–Crippen LogP) is 5.65. The summed E-state index contributed by atoms with van der Waals surface area (Å²) in [6, 6.07) is 11.4. The molecule has 35 heavy (non-hydrogen) atoms. The maximum atomic E-state index is 13.9. The number of hydrogen-bond acceptors (Lipinski definition) is 5. The molecule has 0 bridgehead atoms. The Balaban J connectivity index is 1.54. The van der Waals surface area contributed by atoms with Crippen molar-refractivity contribution in [3.05, 3.63) is 65.2 Å². The molecule has 1 spiro atoms. The van der Waals surface area contributed by atoms with Gasteiger partial charge in [-0.25, -0.2) is 13.8 Å². The van der Waals surface area contributed by atoms with Crippen LogP contribution in [-0.4, -0.2) is 52.6 Å². The number of hydrogen-bond donors (Lipinski definition) is 1. The van der Waals surface area contributed by atoms with E-state index in [0.29, 0.717) is 5.04 Å². The average molecular weight is 499 g/mol. The number of carbonyl (C=O) groups excluding carboxylic acids is 1. The van der Waals surface area contributed by atoms with Crippen LogP contribution in [0.4, 0.5) is 14.5 Å². The highest BCUT2D eigenvalue weighted by molar-refractivity contribution is 8.16. The number of benzene rings is 2. The number of halogens is 2. The molecular weight excluding hydrogens is 466 g/mol. The van der Waals surface area contributed by atoms with Crippen molar-refractivity contribution in [2.24, 2.45) is 9.98 Å². The molecule has 4 rings (SSSR count). The van der Waals surface area contributed by atoms with Crippen LogP contribution in [0.3, 0.4) is 0 Å². The summed E-state index contributed by atoms with van der Waals surface area (Å²) in [5, 5.41) is 3.18. The topological polar surface area (TPSA) is 57.1 Å². The number of aliphatic imine (C=N–C) groups is 2. The van der Waals surface area contributed by atoms with Crippen molar-refractivity contribution in [3.8, 4) is 0 Å². The van der Waals surface area contributed by atoms with Gasteiger partial charge < -0.3 is 10.2 Å². The van der Waals surface area contributed by atoms with Crippen LogP contribution in [0.5, 0.6) is 0 Å². The molecule has 1 N–H and O–H groups in total. The minimum Gasteiger partial charge on any atom is -0.323 e. The molecule has 0 atom stereocenters. The number of piperidine rings is 1. The molecule has 2 aromatic rings. The molecule has 0 aromatic heterocycles. The summed E-state index contributed by atoms with van der Waals surface area (Å²) in [5.74, 6) is -1.69. The molecule has 1 saturated heterocycles. The zero-order valence-corrected chi connectivity index (χ0v) is 21.5. The second-order valence-corrected chi connectivity index (χ2v) is 11.0. The summed E-state index contributed by atoms with van der Waals surface area (Å²) in [6.45, 7) is 11.5. The zero-order valence-electron chi connectivity index (χ0n) is 20.7. The van der Waals surface area contributed by atoms with Crippen LogP contribution >= 0.6 is 11.8 Å². The quantitative estimate of drug-likeness (QED) is 0.580. The highest BCUT2D eigenvalue weighted by Crippen LogP contribution is 2.36. The summed E-state index contributed by atoms with van der Waals surface area (Å²) >= 11 is 1.29. The minimum atomic E-state index is -0.675. The van der Waals surface area contributed by atoms with Gasteiger partial charge >= 0.3 is 0 Å². The van der Waals surface area contributed by atoms with Gasteiger partial charge in [-0.2, -0.15) is 0 Å². The van der Waals surface area contributed by atoms with Crippen LogP contribution in [0, 0.1) is 11.6 Å². The van der Waals surface area contributed by atoms with Crippen molar-refractivity contribution in [1.29, 1.82) is 0 Å². The second-order valence-electron chi connectivity index (χ2n) is 10.1. The Morgan fingerprint density at radius 3 is 2.40 bits per heavy atom. The Kier molecular flexibility index (Phi) is 7.43. The first-order valence-corrected chi connectivity index (χ1v) is 13.0. The standard InChI is InChI=1S/C27H32F2N4OS/c1-5-33-14-12-27(13-15-33)31-24(18-6-8-19(9-7-18)26(2,3)4)25(32-27)35-17-23(34)30-22-16-20(28)10-11-21(22)29/h6-11,16H,5,12-15,17H2,1-4H3,(H,30,34). The van der Waals surface area contributed by atoms with Gasteiger partial charge in [0.05, 0.1) is 17.2 Å². The van der Waals surface area contributed by atoms with Gasteiger partial charge in [0.1, 0.15) is 16.7 Å². The Morgan fingerprint density at radius 2 is 1.77 bits per heavy atom. The number of carbonyl (C=O) groups is 1. The summed E-state index contributed by atoms with van der Waals surface area (Å²) in [6.07, 6.45) is 1.66. The Labute approximate surface area is 210 Å². The third-order valence-corrected chi connectivity index (χ3v) is 7.47. The van der Waals surface area contributed by atoms with E-state index in [1.807, 2.05) is 0 Å². The van der Waals surface area contributed by atoms with E-state index in [9.17, 15) is 13.6 Å². The Hall–Kier alpha value is -2.58. The normalized spacial score (nSPS) is 17.9. The lowest BCUT2D eigenvalue weighted by Crippen LogP contribution is -2.41. The molecule has 186 valence electrons. The van der Waals surface area contributed by atoms with Crippen LogP contribution in [0.2, 0.25) is 0 Å². The molecule has 1 amide bonds. The number of likely N-dealkylation sites (tertiary alicyclic amines) is 1. The first kappa shape index (κ1) is 25.5. The van der Waals surface area contributed by atoms with Crippen molar-refractivity contribution in [2.75, 3.05) is 30.7 Å². The van der Waals surface area contributed by atoms with Crippen LogP contribution in [0.15, 0.2) is 52.4 Å². The molecule has 2 aliphatic heterocycles.